The number of aromatic nitrogens is 5. The van der Waals surface area contributed by atoms with Crippen LogP contribution in [0.3, 0.4) is 0 Å². The average molecular weight is 503 g/mol. The number of amides is 1. The predicted octanol–water partition coefficient (Wildman–Crippen LogP) is 3.29. The quantitative estimate of drug-likeness (QED) is 0.389. The van der Waals surface area contributed by atoms with Gasteiger partial charge < -0.3 is 10.1 Å². The van der Waals surface area contributed by atoms with E-state index in [1.54, 1.807) is 26.1 Å². The van der Waals surface area contributed by atoms with E-state index in [4.69, 9.17) is 16.3 Å². The lowest BCUT2D eigenvalue weighted by atomic mass is 9.47. The second kappa shape index (κ2) is 8.33. The monoisotopic (exact) mass is 502 g/mol. The van der Waals surface area contributed by atoms with Gasteiger partial charge in [0.1, 0.15) is 22.6 Å². The van der Waals surface area contributed by atoms with Gasteiger partial charge in [-0.3, -0.25) is 14.3 Å². The minimum Gasteiger partial charge on any atom is -0.457 e. The first-order valence-corrected chi connectivity index (χ1v) is 11.3. The molecule has 3 fully saturated rings. The molecule has 1 atom stereocenters. The molecule has 0 unspecified atom stereocenters. The number of rotatable bonds is 7. The van der Waals surface area contributed by atoms with Gasteiger partial charge in [-0.1, -0.05) is 22.9 Å². The predicted molar refractivity (Wildman–Crippen MR) is 120 cm³/mol. The second-order valence-electron chi connectivity index (χ2n) is 9.15. The molecular weight excluding hydrogens is 482 g/mol. The van der Waals surface area contributed by atoms with Crippen LogP contribution in [0.5, 0.6) is 0 Å². The number of hydrogen-bond acceptors (Lipinski definition) is 7. The van der Waals surface area contributed by atoms with Crippen LogP contribution in [0.4, 0.5) is 8.78 Å². The van der Waals surface area contributed by atoms with E-state index in [1.807, 2.05) is 0 Å². The Morgan fingerprint density at radius 2 is 2.03 bits per heavy atom. The zero-order valence-electron chi connectivity index (χ0n) is 18.9. The highest BCUT2D eigenvalue weighted by molar-refractivity contribution is 6.30. The molecule has 0 spiro atoms. The van der Waals surface area contributed by atoms with E-state index >= 15 is 0 Å². The Bertz CT molecular complexity index is 1330. The Labute approximate surface area is 203 Å². The first kappa shape index (κ1) is 23.3. The SMILES string of the molecule is C[C@@H](OC(=O)Cc1c(-c2ccc(C(=O)NC34CC(F)(C3)C4)c(F)n2)nnn1C)c1cccnc1Cl. The maximum absolute atomic E-state index is 14.8. The molecule has 3 heterocycles. The molecule has 12 heteroatoms. The van der Waals surface area contributed by atoms with Gasteiger partial charge in [-0.2, -0.15) is 4.39 Å². The van der Waals surface area contributed by atoms with Crippen LogP contribution in [0.2, 0.25) is 5.15 Å². The van der Waals surface area contributed by atoms with Crippen LogP contribution in [0.15, 0.2) is 30.5 Å². The van der Waals surface area contributed by atoms with E-state index < -0.39 is 35.1 Å². The summed E-state index contributed by atoms with van der Waals surface area (Å²) in [5.74, 6) is -2.22. The molecule has 1 amide bonds. The fourth-order valence-corrected chi connectivity index (χ4v) is 5.03. The highest BCUT2D eigenvalue weighted by Crippen LogP contribution is 2.62. The summed E-state index contributed by atoms with van der Waals surface area (Å²) >= 11 is 6.07. The number of carbonyl (C=O) groups excluding carboxylic acids is 2. The third-order valence-electron chi connectivity index (χ3n) is 6.47. The lowest BCUT2D eigenvalue weighted by Crippen LogP contribution is -2.76. The smallest absolute Gasteiger partial charge is 0.312 e. The number of aryl methyl sites for hydroxylation is 1. The molecule has 9 nitrogen and oxygen atoms in total. The van der Waals surface area contributed by atoms with Gasteiger partial charge >= 0.3 is 5.97 Å². The minimum atomic E-state index is -1.18. The van der Waals surface area contributed by atoms with E-state index in [-0.39, 0.29) is 47.8 Å². The molecule has 0 radical (unpaired) electrons. The molecule has 6 rings (SSSR count). The van der Waals surface area contributed by atoms with Gasteiger partial charge in [0.25, 0.3) is 5.91 Å². The first-order valence-electron chi connectivity index (χ1n) is 10.9. The van der Waals surface area contributed by atoms with Crippen LogP contribution < -0.4 is 5.32 Å². The maximum atomic E-state index is 14.8. The summed E-state index contributed by atoms with van der Waals surface area (Å²) in [4.78, 5) is 32.9. The van der Waals surface area contributed by atoms with E-state index in [2.05, 4.69) is 25.6 Å². The summed E-state index contributed by atoms with van der Waals surface area (Å²) < 4.78 is 35.3. The number of esters is 1. The second-order valence-corrected chi connectivity index (χ2v) is 9.51. The van der Waals surface area contributed by atoms with Crippen LogP contribution in [0.25, 0.3) is 11.4 Å². The van der Waals surface area contributed by atoms with Crippen LogP contribution in [0, 0.1) is 5.95 Å². The van der Waals surface area contributed by atoms with Gasteiger partial charge in [-0.25, -0.2) is 14.4 Å². The summed E-state index contributed by atoms with van der Waals surface area (Å²) in [6.07, 6.45) is 1.44. The first-order chi connectivity index (χ1) is 16.6. The lowest BCUT2D eigenvalue weighted by Gasteiger charge is -2.65. The minimum absolute atomic E-state index is 0.103. The van der Waals surface area contributed by atoms with Crippen LogP contribution in [-0.2, 0) is 23.0 Å². The van der Waals surface area contributed by atoms with Gasteiger partial charge in [-0.05, 0) is 25.1 Å². The van der Waals surface area contributed by atoms with Crippen molar-refractivity contribution in [3.63, 3.8) is 0 Å². The topological polar surface area (TPSA) is 112 Å². The number of pyridine rings is 2. The van der Waals surface area contributed by atoms with E-state index in [0.29, 0.717) is 11.3 Å². The maximum Gasteiger partial charge on any atom is 0.312 e. The largest absolute Gasteiger partial charge is 0.457 e. The number of alkyl halides is 1. The molecule has 0 aliphatic heterocycles. The van der Waals surface area contributed by atoms with Crippen molar-refractivity contribution in [2.75, 3.05) is 0 Å². The molecule has 3 saturated carbocycles. The fourth-order valence-electron chi connectivity index (χ4n) is 4.76. The van der Waals surface area contributed by atoms with Crippen molar-refractivity contribution >= 4 is 23.5 Å². The molecule has 3 aliphatic rings. The van der Waals surface area contributed by atoms with Gasteiger partial charge in [0, 0.05) is 43.6 Å². The van der Waals surface area contributed by atoms with Gasteiger partial charge in [0.2, 0.25) is 5.95 Å². The Hall–Kier alpha value is -3.47. The third-order valence-corrected chi connectivity index (χ3v) is 6.78. The van der Waals surface area contributed by atoms with E-state index in [0.717, 1.165) is 0 Å². The van der Waals surface area contributed by atoms with Crippen LogP contribution >= 0.6 is 11.6 Å². The highest BCUT2D eigenvalue weighted by atomic mass is 35.5. The highest BCUT2D eigenvalue weighted by Gasteiger charge is 2.70. The summed E-state index contributed by atoms with van der Waals surface area (Å²) in [5, 5.41) is 10.9. The molecule has 0 saturated heterocycles. The van der Waals surface area contributed by atoms with Gasteiger partial charge in [0.15, 0.2) is 0 Å². The van der Waals surface area contributed by atoms with Crippen molar-refractivity contribution < 1.29 is 23.1 Å². The fraction of sp³-hybridized carbons (Fsp3) is 0.391. The molecule has 2 bridgehead atoms. The van der Waals surface area contributed by atoms with Crippen molar-refractivity contribution in [1.29, 1.82) is 0 Å². The van der Waals surface area contributed by atoms with Crippen molar-refractivity contribution in [2.24, 2.45) is 7.05 Å². The number of nitrogens with zero attached hydrogens (tertiary/aromatic N) is 5. The molecular formula is C23H21ClF2N6O3. The molecule has 35 heavy (non-hydrogen) atoms. The van der Waals surface area contributed by atoms with Crippen molar-refractivity contribution in [1.82, 2.24) is 30.3 Å². The average Bonchev–Trinajstić information content (AvgIpc) is 3.11. The number of hydrogen-bond donors (Lipinski definition) is 1. The van der Waals surface area contributed by atoms with Gasteiger partial charge in [0.05, 0.1) is 23.4 Å². The zero-order chi connectivity index (χ0) is 25.0. The summed E-state index contributed by atoms with van der Waals surface area (Å²) in [6.45, 7) is 1.67. The van der Waals surface area contributed by atoms with Crippen molar-refractivity contribution in [3.8, 4) is 11.4 Å². The normalized spacial score (nSPS) is 23.1. The van der Waals surface area contributed by atoms with Gasteiger partial charge in [-0.15, -0.1) is 5.10 Å². The molecule has 3 aromatic rings. The number of ether oxygens (including phenoxy) is 1. The van der Waals surface area contributed by atoms with Crippen molar-refractivity contribution in [2.45, 2.75) is 49.9 Å². The molecule has 3 aromatic heterocycles. The van der Waals surface area contributed by atoms with Crippen LogP contribution in [-0.4, -0.2) is 48.0 Å². The number of nitrogens with one attached hydrogen (secondary N) is 1. The number of carbonyl (C=O) groups is 2. The standard InChI is InChI=1S/C23H21ClF2N6O3/c1-12(13-4-3-7-27-19(13)24)35-17(33)8-16-18(30-31-32(16)2)15-6-5-14(20(25)28-15)21(34)29-23-9-22(26,10-23)11-23/h3-7,12H,8-11H2,1-2H3,(H,29,34)/t12-,22?,23?/m1/s1. The lowest BCUT2D eigenvalue weighted by molar-refractivity contribution is -0.162. The molecule has 3 aliphatic carbocycles. The summed E-state index contributed by atoms with van der Waals surface area (Å²) in [7, 11) is 1.58. The van der Waals surface area contributed by atoms with Crippen LogP contribution in [0.1, 0.15) is 53.9 Å². The summed E-state index contributed by atoms with van der Waals surface area (Å²) in [5.41, 5.74) is -0.813. The molecule has 182 valence electrons. The van der Waals surface area contributed by atoms with E-state index in [9.17, 15) is 18.4 Å². The number of halogens is 3. The molecule has 0 aromatic carbocycles. The zero-order valence-corrected chi connectivity index (χ0v) is 19.6. The molecule has 1 N–H and O–H groups in total. The van der Waals surface area contributed by atoms with Crippen molar-refractivity contribution in [3.05, 3.63) is 58.4 Å². The summed E-state index contributed by atoms with van der Waals surface area (Å²) in [6, 6.07) is 6.10. The Morgan fingerprint density at radius 1 is 1.29 bits per heavy atom. The Morgan fingerprint density at radius 3 is 2.69 bits per heavy atom. The van der Waals surface area contributed by atoms with E-state index in [1.165, 1.54) is 23.0 Å². The Balaban J connectivity index is 1.30. The Kier molecular flexibility index (Phi) is 5.54. The third kappa shape index (κ3) is 4.24.